The lowest BCUT2D eigenvalue weighted by molar-refractivity contribution is -0.161. The molecule has 0 spiro atoms. The molecule has 5 rings (SSSR count). The molecule has 302 valence electrons. The number of benzene rings is 3. The normalized spacial score (nSPS) is 14.5. The topological polar surface area (TPSA) is 251 Å². The number of rotatable bonds is 22. The lowest BCUT2D eigenvalue weighted by Crippen LogP contribution is -2.39. The number of nitrogens with zero attached hydrogens (tertiary/aromatic N) is 2. The minimum Gasteiger partial charge on any atom is -0.465 e. The minimum absolute atomic E-state index is 0.0595. The van der Waals surface area contributed by atoms with Gasteiger partial charge in [-0.2, -0.15) is 10.2 Å². The predicted molar refractivity (Wildman–Crippen MR) is 217 cm³/mol. The lowest BCUT2D eigenvalue weighted by Gasteiger charge is -2.31. The zero-order chi connectivity index (χ0) is 40.8. The summed E-state index contributed by atoms with van der Waals surface area (Å²) < 4.78 is 16.8. The maximum atomic E-state index is 12.8. The first-order valence-corrected chi connectivity index (χ1v) is 21.1. The van der Waals surface area contributed by atoms with Crippen LogP contribution in [0.15, 0.2) is 83.0 Å². The van der Waals surface area contributed by atoms with Crippen molar-refractivity contribution < 1.29 is 43.0 Å². The molecule has 0 saturated carbocycles. The molecule has 0 aliphatic carbocycles. The van der Waals surface area contributed by atoms with Gasteiger partial charge in [0.05, 0.1) is 30.8 Å². The van der Waals surface area contributed by atoms with Crippen LogP contribution in [0.25, 0.3) is 0 Å². The van der Waals surface area contributed by atoms with Crippen LogP contribution in [0.5, 0.6) is 0 Å². The molecule has 0 aromatic heterocycles. The van der Waals surface area contributed by atoms with E-state index in [1.807, 2.05) is 12.1 Å². The fraction of sp³-hybridized carbons (Fsp3) is 0.385. The van der Waals surface area contributed by atoms with E-state index in [4.69, 9.17) is 25.7 Å². The van der Waals surface area contributed by atoms with Crippen LogP contribution >= 0.6 is 35.3 Å². The summed E-state index contributed by atoms with van der Waals surface area (Å²) in [6.07, 6.45) is -0.633. The number of nitrogens with two attached hydrogens (primary N) is 2. The maximum Gasteiger partial charge on any atom is 0.306 e. The summed E-state index contributed by atoms with van der Waals surface area (Å²) in [5.41, 5.74) is 20.2. The Morgan fingerprint density at radius 3 is 1.32 bits per heavy atom. The maximum absolute atomic E-state index is 12.8. The Kier molecular flexibility index (Phi) is 16.4. The van der Waals surface area contributed by atoms with Gasteiger partial charge in [-0.1, -0.05) is 115 Å². The van der Waals surface area contributed by atoms with Crippen LogP contribution in [0.4, 0.5) is 0 Å². The average molecular weight is 837 g/mol. The van der Waals surface area contributed by atoms with Crippen molar-refractivity contribution in [3.63, 3.8) is 0 Å². The summed E-state index contributed by atoms with van der Waals surface area (Å²) in [7, 11) is 0. The Labute approximate surface area is 342 Å². The van der Waals surface area contributed by atoms with Gasteiger partial charge in [0.2, 0.25) is 21.5 Å². The summed E-state index contributed by atoms with van der Waals surface area (Å²) in [5.74, 6) is -1.24. The standard InChI is InChI=1S/C39H44N6O9S3/c1-2-39(21-52-30(46)15-18-55-36(49)27-9-3-24(4-10-27)33(40)41,22-53-31(47)16-19-56-37(50)28-11-5-25(6-12-28)34-42-43-34)23-54-32(48)17-20-57-38(51)29-13-7-26(8-14-29)35-44-45-35/h3-14,33-35,42-43H,2,15-23,40-41H2,1H3. The zero-order valence-corrected chi connectivity index (χ0v) is 33.6. The SMILES string of the molecule is CCC(COC(=O)CCSC(=O)c1ccc(C(N)N)cc1)(COC(=O)CCSC(=O)c1ccc(C2N=N2)cc1)COC(=O)CCSC(=O)c1ccc(C2NN2)cc1. The molecule has 3 aromatic rings. The van der Waals surface area contributed by atoms with Gasteiger partial charge in [-0.25, -0.2) is 10.9 Å². The summed E-state index contributed by atoms with van der Waals surface area (Å²) in [6, 6.07) is 20.7. The van der Waals surface area contributed by atoms with Crippen LogP contribution in [0, 0.1) is 5.41 Å². The second-order valence-corrected chi connectivity index (χ2v) is 16.4. The first kappa shape index (κ1) is 43.7. The van der Waals surface area contributed by atoms with Crippen LogP contribution in [0.1, 0.15) is 98.9 Å². The quantitative estimate of drug-likeness (QED) is 0.0428. The van der Waals surface area contributed by atoms with Gasteiger partial charge in [0.25, 0.3) is 0 Å². The van der Waals surface area contributed by atoms with Crippen molar-refractivity contribution in [2.75, 3.05) is 37.1 Å². The van der Waals surface area contributed by atoms with Crippen molar-refractivity contribution in [2.45, 2.75) is 51.1 Å². The fourth-order valence-corrected chi connectivity index (χ4v) is 7.37. The number of carbonyl (C=O) groups is 6. The molecule has 1 unspecified atom stereocenters. The second-order valence-electron chi connectivity index (χ2n) is 13.2. The molecule has 15 nitrogen and oxygen atoms in total. The number of hydrogen-bond donors (Lipinski definition) is 4. The van der Waals surface area contributed by atoms with Crippen LogP contribution < -0.4 is 22.3 Å². The number of hydrazine groups is 1. The van der Waals surface area contributed by atoms with E-state index in [2.05, 4.69) is 21.1 Å². The van der Waals surface area contributed by atoms with E-state index < -0.39 is 29.5 Å². The van der Waals surface area contributed by atoms with E-state index in [1.165, 1.54) is 0 Å². The smallest absolute Gasteiger partial charge is 0.306 e. The van der Waals surface area contributed by atoms with E-state index in [0.29, 0.717) is 28.7 Å². The highest BCUT2D eigenvalue weighted by atomic mass is 32.2. The number of hydrogen-bond acceptors (Lipinski definition) is 18. The molecule has 1 atom stereocenters. The van der Waals surface area contributed by atoms with Gasteiger partial charge >= 0.3 is 17.9 Å². The number of thioether (sulfide) groups is 3. The van der Waals surface area contributed by atoms with Gasteiger partial charge in [-0.3, -0.25) is 28.8 Å². The van der Waals surface area contributed by atoms with Crippen molar-refractivity contribution in [1.29, 1.82) is 0 Å². The molecule has 1 saturated heterocycles. The van der Waals surface area contributed by atoms with E-state index >= 15 is 0 Å². The van der Waals surface area contributed by atoms with Gasteiger partial charge in [0, 0.05) is 39.5 Å². The van der Waals surface area contributed by atoms with Crippen LogP contribution in [-0.4, -0.2) is 70.3 Å². The molecule has 0 amide bonds. The molecule has 3 aromatic carbocycles. The van der Waals surface area contributed by atoms with Crippen molar-refractivity contribution in [1.82, 2.24) is 10.9 Å². The predicted octanol–water partition coefficient (Wildman–Crippen LogP) is 5.39. The van der Waals surface area contributed by atoms with E-state index in [1.54, 1.807) is 67.6 Å². The Morgan fingerprint density at radius 1 is 0.614 bits per heavy atom. The highest BCUT2D eigenvalue weighted by Gasteiger charge is 2.34. The molecular formula is C39H44N6O9S3. The van der Waals surface area contributed by atoms with Crippen LogP contribution in [0.2, 0.25) is 0 Å². The number of esters is 3. The second kappa shape index (κ2) is 21.4. The molecule has 57 heavy (non-hydrogen) atoms. The third-order valence-corrected chi connectivity index (χ3v) is 11.7. The highest BCUT2D eigenvalue weighted by molar-refractivity contribution is 8.14. The lowest BCUT2D eigenvalue weighted by atomic mass is 9.88. The molecule has 18 heteroatoms. The van der Waals surface area contributed by atoms with Gasteiger partial charge < -0.3 is 25.7 Å². The van der Waals surface area contributed by atoms with Gasteiger partial charge in [0.1, 0.15) is 26.0 Å². The Bertz CT molecular complexity index is 1730. The molecular weight excluding hydrogens is 793 g/mol. The van der Waals surface area contributed by atoms with E-state index in [9.17, 15) is 28.8 Å². The molecule has 2 heterocycles. The number of nitrogens with one attached hydrogen (secondary N) is 2. The monoisotopic (exact) mass is 836 g/mol. The zero-order valence-electron chi connectivity index (χ0n) is 31.2. The molecule has 2 aliphatic rings. The average Bonchev–Trinajstić information content (AvgIpc) is 4.16. The summed E-state index contributed by atoms with van der Waals surface area (Å²) in [4.78, 5) is 76.3. The van der Waals surface area contributed by atoms with Crippen molar-refractivity contribution in [3.05, 3.63) is 106 Å². The summed E-state index contributed by atoms with van der Waals surface area (Å²) in [5, 5.41) is 7.12. The van der Waals surface area contributed by atoms with Crippen molar-refractivity contribution in [2.24, 2.45) is 27.1 Å². The van der Waals surface area contributed by atoms with Gasteiger partial charge in [-0.15, -0.1) is 0 Å². The molecule has 6 N–H and O–H groups in total. The van der Waals surface area contributed by atoms with Crippen LogP contribution in [0.3, 0.4) is 0 Å². The number of ether oxygens (including phenoxy) is 3. The van der Waals surface area contributed by atoms with Gasteiger partial charge in [0.15, 0.2) is 0 Å². The van der Waals surface area contributed by atoms with E-state index in [-0.39, 0.29) is 84.0 Å². The summed E-state index contributed by atoms with van der Waals surface area (Å²) >= 11 is 2.94. The molecule has 1 fully saturated rings. The Morgan fingerprint density at radius 2 is 0.982 bits per heavy atom. The van der Waals surface area contributed by atoms with Crippen LogP contribution in [-0.2, 0) is 28.6 Å². The van der Waals surface area contributed by atoms with Crippen molar-refractivity contribution >= 4 is 68.5 Å². The first-order valence-electron chi connectivity index (χ1n) is 18.2. The van der Waals surface area contributed by atoms with Crippen molar-refractivity contribution in [3.8, 4) is 0 Å². The largest absolute Gasteiger partial charge is 0.465 e. The molecule has 0 radical (unpaired) electrons. The first-order chi connectivity index (χ1) is 27.4. The highest BCUT2D eigenvalue weighted by Crippen LogP contribution is 2.31. The third kappa shape index (κ3) is 14.2. The van der Waals surface area contributed by atoms with E-state index in [0.717, 1.165) is 46.4 Å². The Hall–Kier alpha value is -4.43. The Balaban J connectivity index is 1.09. The third-order valence-electron chi connectivity index (χ3n) is 8.96. The molecule has 0 bridgehead atoms. The summed E-state index contributed by atoms with van der Waals surface area (Å²) in [6.45, 7) is 1.09. The van der Waals surface area contributed by atoms with Gasteiger partial charge in [-0.05, 0) is 17.5 Å². The number of carbonyl (C=O) groups excluding carboxylic acids is 6. The minimum atomic E-state index is -1.09. The molecule has 2 aliphatic heterocycles. The fourth-order valence-electron chi connectivity index (χ4n) is 5.10.